The minimum atomic E-state index is -0.292. The number of amides is 2. The molecular weight excluding hydrogens is 426 g/mol. The molecule has 8 nitrogen and oxygen atoms in total. The van der Waals surface area contributed by atoms with Gasteiger partial charge in [-0.15, -0.1) is 10.2 Å². The van der Waals surface area contributed by atoms with Crippen molar-refractivity contribution >= 4 is 29.3 Å². The summed E-state index contributed by atoms with van der Waals surface area (Å²) in [6.45, 7) is 0.397. The number of para-hydroxylation sites is 1. The van der Waals surface area contributed by atoms with Crippen LogP contribution in [0.3, 0.4) is 0 Å². The highest BCUT2D eigenvalue weighted by atomic mass is 32.2. The fraction of sp³-hybridized carbons (Fsp3) is 0.0870. The summed E-state index contributed by atoms with van der Waals surface area (Å²) >= 11 is 1.11. The molecule has 2 N–H and O–H groups in total. The lowest BCUT2D eigenvalue weighted by Crippen LogP contribution is -2.25. The molecule has 32 heavy (non-hydrogen) atoms. The highest BCUT2D eigenvalue weighted by Gasteiger charge is 2.15. The van der Waals surface area contributed by atoms with E-state index in [0.29, 0.717) is 29.2 Å². The van der Waals surface area contributed by atoms with Crippen LogP contribution < -0.4 is 10.6 Å². The average Bonchev–Trinajstić information content (AvgIpc) is 3.32. The summed E-state index contributed by atoms with van der Waals surface area (Å²) < 4.78 is 5.56. The second kappa shape index (κ2) is 10.4. The van der Waals surface area contributed by atoms with Crippen molar-refractivity contribution in [2.75, 3.05) is 11.1 Å². The Balaban J connectivity index is 1.33. The zero-order valence-corrected chi connectivity index (χ0v) is 17.7. The van der Waals surface area contributed by atoms with E-state index in [-0.39, 0.29) is 22.8 Å². The number of aromatic nitrogens is 3. The highest BCUT2D eigenvalue weighted by Crippen LogP contribution is 2.23. The number of pyridine rings is 1. The van der Waals surface area contributed by atoms with Gasteiger partial charge in [0.2, 0.25) is 11.8 Å². The van der Waals surface area contributed by atoms with Gasteiger partial charge in [-0.05, 0) is 29.8 Å². The van der Waals surface area contributed by atoms with E-state index in [2.05, 4.69) is 25.8 Å². The molecule has 0 aliphatic carbocycles. The third-order valence-electron chi connectivity index (χ3n) is 4.38. The molecule has 2 heterocycles. The number of nitrogens with zero attached hydrogens (tertiary/aromatic N) is 3. The molecule has 9 heteroatoms. The van der Waals surface area contributed by atoms with Crippen LogP contribution in [0.25, 0.3) is 11.5 Å². The number of thioether (sulfide) groups is 1. The lowest BCUT2D eigenvalue weighted by atomic mass is 10.1. The molecule has 0 unspecified atom stereocenters. The van der Waals surface area contributed by atoms with E-state index in [1.54, 1.807) is 48.8 Å². The summed E-state index contributed by atoms with van der Waals surface area (Å²) in [5, 5.41) is 13.8. The first-order valence-electron chi connectivity index (χ1n) is 9.77. The second-order valence-electron chi connectivity index (χ2n) is 6.67. The van der Waals surface area contributed by atoms with Crippen LogP contribution >= 0.6 is 11.8 Å². The van der Waals surface area contributed by atoms with Gasteiger partial charge in [0.05, 0.1) is 22.6 Å². The van der Waals surface area contributed by atoms with Crippen LogP contribution in [-0.4, -0.2) is 32.7 Å². The molecule has 0 atom stereocenters. The summed E-state index contributed by atoms with van der Waals surface area (Å²) in [5.74, 6) is -0.175. The lowest BCUT2D eigenvalue weighted by molar-refractivity contribution is -0.113. The van der Waals surface area contributed by atoms with Gasteiger partial charge in [-0.1, -0.05) is 54.2 Å². The van der Waals surface area contributed by atoms with E-state index < -0.39 is 0 Å². The fourth-order valence-corrected chi connectivity index (χ4v) is 3.41. The summed E-state index contributed by atoms with van der Waals surface area (Å²) in [5.41, 5.74) is 2.51. The van der Waals surface area contributed by atoms with Gasteiger partial charge in [0.25, 0.3) is 11.1 Å². The molecule has 0 saturated carbocycles. The van der Waals surface area contributed by atoms with E-state index in [1.807, 2.05) is 30.3 Å². The molecule has 2 aromatic heterocycles. The third-order valence-corrected chi connectivity index (χ3v) is 5.20. The van der Waals surface area contributed by atoms with Gasteiger partial charge in [-0.3, -0.25) is 14.6 Å². The van der Waals surface area contributed by atoms with Crippen molar-refractivity contribution in [2.45, 2.75) is 11.8 Å². The number of carbonyl (C=O) groups excluding carboxylic acids is 2. The third kappa shape index (κ3) is 5.58. The van der Waals surface area contributed by atoms with Gasteiger partial charge in [-0.2, -0.15) is 0 Å². The number of carbonyl (C=O) groups is 2. The van der Waals surface area contributed by atoms with Crippen molar-refractivity contribution in [1.29, 1.82) is 0 Å². The molecule has 2 amide bonds. The van der Waals surface area contributed by atoms with Crippen LogP contribution in [-0.2, 0) is 11.3 Å². The van der Waals surface area contributed by atoms with Crippen LogP contribution in [0.1, 0.15) is 15.9 Å². The molecule has 4 aromatic rings. The zero-order valence-electron chi connectivity index (χ0n) is 16.9. The highest BCUT2D eigenvalue weighted by molar-refractivity contribution is 7.99. The molecule has 0 fully saturated rings. The molecule has 160 valence electrons. The van der Waals surface area contributed by atoms with Gasteiger partial charge >= 0.3 is 0 Å². The Labute approximate surface area is 188 Å². The first kappa shape index (κ1) is 21.3. The summed E-state index contributed by atoms with van der Waals surface area (Å²) in [6, 6.07) is 20.1. The number of nitrogens with one attached hydrogen (secondary N) is 2. The molecule has 0 aliphatic heterocycles. The van der Waals surface area contributed by atoms with E-state index in [9.17, 15) is 9.59 Å². The van der Waals surface area contributed by atoms with Gasteiger partial charge < -0.3 is 15.1 Å². The van der Waals surface area contributed by atoms with E-state index in [1.165, 1.54) is 0 Å². The molecule has 0 spiro atoms. The van der Waals surface area contributed by atoms with Crippen molar-refractivity contribution in [3.8, 4) is 11.5 Å². The van der Waals surface area contributed by atoms with Crippen molar-refractivity contribution in [1.82, 2.24) is 20.5 Å². The predicted octanol–water partition coefficient (Wildman–Crippen LogP) is 3.79. The summed E-state index contributed by atoms with van der Waals surface area (Å²) in [6.07, 6.45) is 3.27. The number of hydrogen-bond donors (Lipinski definition) is 2. The molecule has 0 bridgehead atoms. The maximum absolute atomic E-state index is 12.6. The Hall–Kier alpha value is -3.98. The minimum absolute atomic E-state index is 0.0502. The molecule has 4 rings (SSSR count). The maximum atomic E-state index is 12.6. The number of benzene rings is 2. The smallest absolute Gasteiger partial charge is 0.277 e. The van der Waals surface area contributed by atoms with E-state index in [4.69, 9.17) is 4.42 Å². The molecule has 0 aliphatic rings. The van der Waals surface area contributed by atoms with Gasteiger partial charge in [0.15, 0.2) is 0 Å². The zero-order chi connectivity index (χ0) is 22.2. The van der Waals surface area contributed by atoms with Crippen LogP contribution in [0, 0.1) is 0 Å². The normalized spacial score (nSPS) is 10.5. The Morgan fingerprint density at radius 2 is 1.75 bits per heavy atom. The van der Waals surface area contributed by atoms with Crippen LogP contribution in [0.4, 0.5) is 5.69 Å². The standard InChI is InChI=1S/C23H19N5O3S/c29-20(15-32-23-28-27-22(31-23)17-9-6-12-24-14-17)26-19-11-5-4-10-18(19)21(30)25-13-16-7-2-1-3-8-16/h1-12,14H,13,15H2,(H,25,30)(H,26,29). The quantitative estimate of drug-likeness (QED) is 0.397. The number of rotatable bonds is 8. The first-order chi connectivity index (χ1) is 15.7. The lowest BCUT2D eigenvalue weighted by Gasteiger charge is -2.11. The fourth-order valence-electron chi connectivity index (χ4n) is 2.85. The Kier molecular flexibility index (Phi) is 6.88. The molecule has 0 saturated heterocycles. The predicted molar refractivity (Wildman–Crippen MR) is 121 cm³/mol. The van der Waals surface area contributed by atoms with E-state index >= 15 is 0 Å². The van der Waals surface area contributed by atoms with Crippen LogP contribution in [0.5, 0.6) is 0 Å². The SMILES string of the molecule is O=C(CSc1nnc(-c2cccnc2)o1)Nc1ccccc1C(=O)NCc1ccccc1. The second-order valence-corrected chi connectivity index (χ2v) is 7.59. The first-order valence-corrected chi connectivity index (χ1v) is 10.8. The Morgan fingerprint density at radius 1 is 0.938 bits per heavy atom. The van der Waals surface area contributed by atoms with Gasteiger partial charge in [0, 0.05) is 18.9 Å². The van der Waals surface area contributed by atoms with Gasteiger partial charge in [0.1, 0.15) is 0 Å². The molecule has 0 radical (unpaired) electrons. The summed E-state index contributed by atoms with van der Waals surface area (Å²) in [4.78, 5) is 29.1. The molecular formula is C23H19N5O3S. The van der Waals surface area contributed by atoms with Crippen molar-refractivity contribution in [3.05, 3.63) is 90.3 Å². The van der Waals surface area contributed by atoms with Crippen LogP contribution in [0.2, 0.25) is 0 Å². The monoisotopic (exact) mass is 445 g/mol. The molecule has 2 aromatic carbocycles. The maximum Gasteiger partial charge on any atom is 0.277 e. The number of hydrogen-bond acceptors (Lipinski definition) is 7. The topological polar surface area (TPSA) is 110 Å². The van der Waals surface area contributed by atoms with Crippen molar-refractivity contribution < 1.29 is 14.0 Å². The van der Waals surface area contributed by atoms with Gasteiger partial charge in [-0.25, -0.2) is 0 Å². The van der Waals surface area contributed by atoms with Crippen LogP contribution in [0.15, 0.2) is 88.8 Å². The number of anilines is 1. The van der Waals surface area contributed by atoms with E-state index in [0.717, 1.165) is 17.3 Å². The summed E-state index contributed by atoms with van der Waals surface area (Å²) in [7, 11) is 0. The Morgan fingerprint density at radius 3 is 2.56 bits per heavy atom. The largest absolute Gasteiger partial charge is 0.411 e. The average molecular weight is 446 g/mol. The Bertz CT molecular complexity index is 1200. The van der Waals surface area contributed by atoms with Crippen molar-refractivity contribution in [2.24, 2.45) is 0 Å². The van der Waals surface area contributed by atoms with Crippen molar-refractivity contribution in [3.63, 3.8) is 0 Å². The minimum Gasteiger partial charge on any atom is -0.411 e.